The number of nitrogens with one attached hydrogen (secondary N) is 1. The van der Waals surface area contributed by atoms with Crippen molar-refractivity contribution in [2.24, 2.45) is 12.8 Å². The summed E-state index contributed by atoms with van der Waals surface area (Å²) in [4.78, 5) is 24.6. The molecule has 0 radical (unpaired) electrons. The lowest BCUT2D eigenvalue weighted by molar-refractivity contribution is 0.0992. The van der Waals surface area contributed by atoms with Gasteiger partial charge in [-0.25, -0.2) is 0 Å². The molecule has 8 heteroatoms. The Kier molecular flexibility index (Phi) is 5.16. The highest BCUT2D eigenvalue weighted by molar-refractivity contribution is 6.09. The number of rotatable bonds is 7. The van der Waals surface area contributed by atoms with Gasteiger partial charge in [-0.2, -0.15) is 5.10 Å². The number of carbonyl (C=O) groups excluding carboxylic acids is 2. The van der Waals surface area contributed by atoms with Crippen LogP contribution in [0.4, 0.5) is 5.69 Å². The third kappa shape index (κ3) is 3.51. The van der Waals surface area contributed by atoms with Gasteiger partial charge in [-0.1, -0.05) is 25.5 Å². The van der Waals surface area contributed by atoms with Crippen molar-refractivity contribution in [2.75, 3.05) is 11.9 Å². The number of aryl methyl sites for hydroxylation is 2. The average molecular weight is 370 g/mol. The Bertz CT molecular complexity index is 1000. The second kappa shape index (κ2) is 7.53. The monoisotopic (exact) mass is 370 g/mol. The van der Waals surface area contributed by atoms with Crippen molar-refractivity contribution in [3.8, 4) is 5.75 Å². The number of fused-ring (bicyclic) bond motifs is 1. The zero-order valence-corrected chi connectivity index (χ0v) is 15.5. The second-order valence-corrected chi connectivity index (χ2v) is 6.08. The van der Waals surface area contributed by atoms with Crippen LogP contribution >= 0.6 is 0 Å². The highest BCUT2D eigenvalue weighted by Crippen LogP contribution is 2.30. The molecule has 2 heterocycles. The van der Waals surface area contributed by atoms with Crippen LogP contribution in [0.5, 0.6) is 5.75 Å². The van der Waals surface area contributed by atoms with Crippen molar-refractivity contribution in [3.63, 3.8) is 0 Å². The number of furan rings is 1. The van der Waals surface area contributed by atoms with E-state index in [-0.39, 0.29) is 11.5 Å². The van der Waals surface area contributed by atoms with E-state index in [0.717, 1.165) is 11.8 Å². The van der Waals surface area contributed by atoms with Gasteiger partial charge in [0.1, 0.15) is 5.69 Å². The first kappa shape index (κ1) is 18.5. The minimum absolute atomic E-state index is 0.110. The number of carbonyl (C=O) groups is 2. The third-order valence-electron chi connectivity index (χ3n) is 4.11. The lowest BCUT2D eigenvalue weighted by Gasteiger charge is -2.06. The van der Waals surface area contributed by atoms with Crippen molar-refractivity contribution in [3.05, 3.63) is 41.4 Å². The van der Waals surface area contributed by atoms with Crippen LogP contribution in [0, 0.1) is 0 Å². The molecule has 0 saturated heterocycles. The molecule has 3 N–H and O–H groups in total. The molecule has 0 aliphatic carbocycles. The summed E-state index contributed by atoms with van der Waals surface area (Å²) in [7, 11) is 1.62. The van der Waals surface area contributed by atoms with E-state index in [1.165, 1.54) is 4.68 Å². The van der Waals surface area contributed by atoms with E-state index < -0.39 is 11.8 Å². The largest absolute Gasteiger partial charge is 0.490 e. The molecule has 0 fully saturated rings. The number of aromatic nitrogens is 2. The van der Waals surface area contributed by atoms with Crippen LogP contribution in [-0.2, 0) is 13.5 Å². The van der Waals surface area contributed by atoms with Crippen LogP contribution < -0.4 is 15.8 Å². The molecular formula is C19H22N4O4. The highest BCUT2D eigenvalue weighted by Gasteiger charge is 2.23. The predicted molar refractivity (Wildman–Crippen MR) is 101 cm³/mol. The quantitative estimate of drug-likeness (QED) is 0.664. The summed E-state index contributed by atoms with van der Waals surface area (Å²) < 4.78 is 12.6. The van der Waals surface area contributed by atoms with Crippen molar-refractivity contribution < 1.29 is 18.7 Å². The first-order valence-corrected chi connectivity index (χ1v) is 8.78. The number of para-hydroxylation sites is 1. The molecule has 27 heavy (non-hydrogen) atoms. The van der Waals surface area contributed by atoms with E-state index >= 15 is 0 Å². The summed E-state index contributed by atoms with van der Waals surface area (Å²) in [5, 5.41) is 7.79. The summed E-state index contributed by atoms with van der Waals surface area (Å²) in [6, 6.07) is 7.07. The molecule has 0 spiro atoms. The first-order valence-electron chi connectivity index (χ1n) is 8.78. The van der Waals surface area contributed by atoms with Crippen molar-refractivity contribution in [1.82, 2.24) is 9.78 Å². The molecule has 3 rings (SSSR count). The Hall–Kier alpha value is -3.29. The van der Waals surface area contributed by atoms with Crippen molar-refractivity contribution in [1.29, 1.82) is 0 Å². The molecule has 1 aromatic carbocycles. The first-order chi connectivity index (χ1) is 13.0. The van der Waals surface area contributed by atoms with Gasteiger partial charge < -0.3 is 20.2 Å². The van der Waals surface area contributed by atoms with Crippen LogP contribution in [0.1, 0.15) is 47.0 Å². The summed E-state index contributed by atoms with van der Waals surface area (Å²) in [5.41, 5.74) is 7.04. The lowest BCUT2D eigenvalue weighted by Crippen LogP contribution is -2.20. The van der Waals surface area contributed by atoms with Crippen molar-refractivity contribution in [2.45, 2.75) is 26.7 Å². The minimum atomic E-state index is -0.661. The molecule has 0 saturated carbocycles. The van der Waals surface area contributed by atoms with E-state index in [2.05, 4.69) is 10.4 Å². The van der Waals surface area contributed by atoms with Crippen LogP contribution in [0.15, 0.2) is 28.7 Å². The third-order valence-corrected chi connectivity index (χ3v) is 4.11. The number of benzene rings is 1. The van der Waals surface area contributed by atoms with Gasteiger partial charge in [-0.15, -0.1) is 0 Å². The van der Waals surface area contributed by atoms with Crippen LogP contribution in [0.25, 0.3) is 11.0 Å². The van der Waals surface area contributed by atoms with Crippen LogP contribution in [0.2, 0.25) is 0 Å². The maximum absolute atomic E-state index is 12.8. The topological polar surface area (TPSA) is 112 Å². The number of nitrogens with zero attached hydrogens (tertiary/aromatic N) is 2. The van der Waals surface area contributed by atoms with Gasteiger partial charge in [0.05, 0.1) is 18.0 Å². The summed E-state index contributed by atoms with van der Waals surface area (Å²) in [6.45, 7) is 4.34. The van der Waals surface area contributed by atoms with Gasteiger partial charge in [0, 0.05) is 12.4 Å². The molecular weight excluding hydrogens is 348 g/mol. The molecule has 0 aliphatic rings. The van der Waals surface area contributed by atoms with E-state index in [1.807, 2.05) is 26.0 Å². The number of hydrogen-bond acceptors (Lipinski definition) is 5. The fourth-order valence-corrected chi connectivity index (χ4v) is 3.00. The van der Waals surface area contributed by atoms with Gasteiger partial charge >= 0.3 is 0 Å². The Labute approximate surface area is 156 Å². The maximum Gasteiger partial charge on any atom is 0.291 e. The fraction of sp³-hybridized carbons (Fsp3) is 0.316. The Morgan fingerprint density at radius 1 is 1.33 bits per heavy atom. The van der Waals surface area contributed by atoms with E-state index in [4.69, 9.17) is 14.9 Å². The number of nitrogens with two attached hydrogens (primary N) is 1. The van der Waals surface area contributed by atoms with E-state index in [0.29, 0.717) is 35.7 Å². The SMILES string of the molecule is CCCc1nn(C)c(C(N)=O)c1NC(=O)c1cc2cccc(OCC)c2o1. The molecule has 0 aliphatic heterocycles. The molecule has 142 valence electrons. The average Bonchev–Trinajstić information content (AvgIpc) is 3.18. The fourth-order valence-electron chi connectivity index (χ4n) is 3.00. The summed E-state index contributed by atoms with van der Waals surface area (Å²) >= 11 is 0. The number of hydrogen-bond donors (Lipinski definition) is 2. The number of anilines is 1. The summed E-state index contributed by atoms with van der Waals surface area (Å²) in [6.07, 6.45) is 1.41. The normalized spacial score (nSPS) is 10.9. The molecule has 0 unspecified atom stereocenters. The smallest absolute Gasteiger partial charge is 0.291 e. The Balaban J connectivity index is 1.97. The molecule has 0 atom stereocenters. The second-order valence-electron chi connectivity index (χ2n) is 6.08. The van der Waals surface area contributed by atoms with Gasteiger partial charge in [-0.3, -0.25) is 14.3 Å². The zero-order valence-electron chi connectivity index (χ0n) is 15.5. The molecule has 0 bridgehead atoms. The zero-order chi connectivity index (χ0) is 19.6. The van der Waals surface area contributed by atoms with E-state index in [9.17, 15) is 9.59 Å². The lowest BCUT2D eigenvalue weighted by atomic mass is 10.2. The van der Waals surface area contributed by atoms with E-state index in [1.54, 1.807) is 19.2 Å². The Morgan fingerprint density at radius 2 is 2.11 bits per heavy atom. The number of amides is 2. The maximum atomic E-state index is 12.8. The van der Waals surface area contributed by atoms with Crippen molar-refractivity contribution >= 4 is 28.5 Å². The number of primary amides is 1. The molecule has 3 aromatic rings. The van der Waals surface area contributed by atoms with Crippen LogP contribution in [0.3, 0.4) is 0 Å². The standard InChI is InChI=1S/C19H22N4O4/c1-4-7-12-15(16(18(20)24)23(3)22-12)21-19(25)14-10-11-8-6-9-13(26-5-2)17(11)27-14/h6,8-10H,4-5,7H2,1-3H3,(H2,20,24)(H,21,25). The minimum Gasteiger partial charge on any atom is -0.490 e. The molecule has 2 amide bonds. The van der Waals surface area contributed by atoms with Gasteiger partial charge in [0.15, 0.2) is 17.1 Å². The van der Waals surface area contributed by atoms with Gasteiger partial charge in [0.25, 0.3) is 11.8 Å². The van der Waals surface area contributed by atoms with Gasteiger partial charge in [0.2, 0.25) is 0 Å². The van der Waals surface area contributed by atoms with Gasteiger partial charge in [-0.05, 0) is 25.5 Å². The number of ether oxygens (including phenoxy) is 1. The predicted octanol–water partition coefficient (Wildman–Crippen LogP) is 2.87. The Morgan fingerprint density at radius 3 is 2.78 bits per heavy atom. The highest BCUT2D eigenvalue weighted by atomic mass is 16.5. The molecule has 2 aromatic heterocycles. The summed E-state index contributed by atoms with van der Waals surface area (Å²) in [5.74, 6) is -0.466. The van der Waals surface area contributed by atoms with Crippen LogP contribution in [-0.4, -0.2) is 28.2 Å². The molecule has 8 nitrogen and oxygen atoms in total.